The fourth-order valence-corrected chi connectivity index (χ4v) is 0.587. The van der Waals surface area contributed by atoms with Crippen LogP contribution in [0, 0.1) is 20.0 Å². The Morgan fingerprint density at radius 1 is 1.42 bits per heavy atom. The Bertz CT molecular complexity index is 301. The zero-order chi connectivity index (χ0) is 8.43. The van der Waals surface area contributed by atoms with E-state index in [0.717, 1.165) is 0 Å². The molecule has 4 nitrogen and oxygen atoms in total. The van der Waals surface area contributed by atoms with E-state index in [2.05, 4.69) is 16.2 Å². The van der Waals surface area contributed by atoms with E-state index in [0.29, 0.717) is 11.4 Å². The molecule has 12 heavy (non-hydrogen) atoms. The summed E-state index contributed by atoms with van der Waals surface area (Å²) in [5.74, 6) is -1.10. The Morgan fingerprint density at radius 3 is 2.42 bits per heavy atom. The summed E-state index contributed by atoms with van der Waals surface area (Å²) in [6.45, 7) is 3.47. The monoisotopic (exact) mass is 240 g/mol. The second-order valence-electron chi connectivity index (χ2n) is 2.16. The molecule has 1 N–H and O–H groups in total. The SMILES string of the molecule is Cc1n[c-]c(C(=O)O)nc1C.[Y]. The molecule has 0 bridgehead atoms. The third kappa shape index (κ3) is 2.61. The average molecular weight is 240 g/mol. The van der Waals surface area contributed by atoms with Gasteiger partial charge in [-0.3, -0.25) is 4.98 Å². The third-order valence-corrected chi connectivity index (χ3v) is 1.34. The van der Waals surface area contributed by atoms with E-state index < -0.39 is 5.97 Å². The summed E-state index contributed by atoms with van der Waals surface area (Å²) < 4.78 is 0. The van der Waals surface area contributed by atoms with Crippen molar-refractivity contribution >= 4 is 5.97 Å². The van der Waals surface area contributed by atoms with Gasteiger partial charge >= 0.3 is 0 Å². The minimum absolute atomic E-state index is 0. The van der Waals surface area contributed by atoms with Crippen LogP contribution in [0.2, 0.25) is 0 Å². The van der Waals surface area contributed by atoms with Crippen LogP contribution in [0.3, 0.4) is 0 Å². The molecular weight excluding hydrogens is 233 g/mol. The van der Waals surface area contributed by atoms with Crippen LogP contribution in [0.15, 0.2) is 0 Å². The molecule has 1 radical (unpaired) electrons. The minimum atomic E-state index is -1.10. The topological polar surface area (TPSA) is 63.1 Å². The van der Waals surface area contributed by atoms with Crippen LogP contribution in [0.25, 0.3) is 0 Å². The predicted octanol–water partition coefficient (Wildman–Crippen LogP) is 0.589. The number of aryl methyl sites for hydroxylation is 2. The molecule has 5 heteroatoms. The molecule has 0 fully saturated rings. The first-order chi connectivity index (χ1) is 5.11. The standard InChI is InChI=1S/C7H7N2O2.Y/c1-4-5(2)9-6(3-8-4)7(10)11;/h1-2H3,(H,10,11);/q-1;. The van der Waals surface area contributed by atoms with Gasteiger partial charge in [-0.25, -0.2) is 0 Å². The molecule has 0 aliphatic heterocycles. The van der Waals surface area contributed by atoms with E-state index in [-0.39, 0.29) is 38.4 Å². The second kappa shape index (κ2) is 4.62. The fourth-order valence-electron chi connectivity index (χ4n) is 0.587. The summed E-state index contributed by atoms with van der Waals surface area (Å²) in [6, 6.07) is 0. The van der Waals surface area contributed by atoms with Crippen molar-refractivity contribution in [2.75, 3.05) is 0 Å². The van der Waals surface area contributed by atoms with Gasteiger partial charge in [0.25, 0.3) is 0 Å². The van der Waals surface area contributed by atoms with Crippen molar-refractivity contribution in [2.45, 2.75) is 13.8 Å². The van der Waals surface area contributed by atoms with Crippen molar-refractivity contribution in [1.29, 1.82) is 0 Å². The second-order valence-corrected chi connectivity index (χ2v) is 2.16. The molecule has 0 amide bonds. The Kier molecular flexibility index (Phi) is 4.49. The van der Waals surface area contributed by atoms with E-state index in [1.807, 2.05) is 0 Å². The van der Waals surface area contributed by atoms with Crippen LogP contribution < -0.4 is 0 Å². The van der Waals surface area contributed by atoms with Crippen LogP contribution in [-0.4, -0.2) is 21.0 Å². The Hall–Kier alpha value is -0.346. The molecule has 0 aliphatic rings. The van der Waals surface area contributed by atoms with Gasteiger partial charge in [-0.1, -0.05) is 6.92 Å². The fraction of sp³-hybridized carbons (Fsp3) is 0.286. The number of carbonyl (C=O) groups is 1. The average Bonchev–Trinajstić information content (AvgIpc) is 1.94. The summed E-state index contributed by atoms with van der Waals surface area (Å²) >= 11 is 0. The van der Waals surface area contributed by atoms with Crippen LogP contribution in [0.5, 0.6) is 0 Å². The smallest absolute Gasteiger partial charge is 0.249 e. The number of aromatic carboxylic acids is 1. The molecule has 0 saturated carbocycles. The number of aromatic nitrogens is 2. The summed E-state index contributed by atoms with van der Waals surface area (Å²) in [5.41, 5.74) is 1.20. The van der Waals surface area contributed by atoms with Gasteiger partial charge in [0, 0.05) is 38.4 Å². The zero-order valence-electron chi connectivity index (χ0n) is 6.83. The normalized spacial score (nSPS) is 8.83. The van der Waals surface area contributed by atoms with E-state index in [1.165, 1.54) is 0 Å². The van der Waals surface area contributed by atoms with Crippen molar-refractivity contribution < 1.29 is 42.6 Å². The first-order valence-electron chi connectivity index (χ1n) is 3.07. The quantitative estimate of drug-likeness (QED) is 0.729. The number of hydrogen-bond acceptors (Lipinski definition) is 3. The van der Waals surface area contributed by atoms with E-state index in [4.69, 9.17) is 5.11 Å². The summed E-state index contributed by atoms with van der Waals surface area (Å²) in [5, 5.41) is 8.47. The number of hydrogen-bond donors (Lipinski definition) is 1. The van der Waals surface area contributed by atoms with Gasteiger partial charge in [-0.05, 0) is 18.8 Å². The first-order valence-corrected chi connectivity index (χ1v) is 3.07. The Balaban J connectivity index is 0.00000121. The van der Waals surface area contributed by atoms with Crippen LogP contribution in [-0.2, 0) is 32.7 Å². The maximum Gasteiger partial charge on any atom is 0.249 e. The maximum absolute atomic E-state index is 10.3. The molecule has 1 aromatic heterocycles. The number of rotatable bonds is 1. The summed E-state index contributed by atoms with van der Waals surface area (Å²) in [4.78, 5) is 17.8. The third-order valence-electron chi connectivity index (χ3n) is 1.34. The van der Waals surface area contributed by atoms with Gasteiger partial charge < -0.3 is 14.9 Å². The van der Waals surface area contributed by atoms with Crippen molar-refractivity contribution in [3.05, 3.63) is 23.3 Å². The van der Waals surface area contributed by atoms with Gasteiger partial charge in [0.1, 0.15) is 0 Å². The predicted molar refractivity (Wildman–Crippen MR) is 37.3 cm³/mol. The zero-order valence-corrected chi connectivity index (χ0v) is 9.67. The molecule has 0 aliphatic carbocycles. The van der Waals surface area contributed by atoms with Gasteiger partial charge in [0.05, 0.1) is 5.69 Å². The van der Waals surface area contributed by atoms with Crippen molar-refractivity contribution in [2.24, 2.45) is 0 Å². The van der Waals surface area contributed by atoms with Gasteiger partial charge in [-0.2, -0.15) is 0 Å². The van der Waals surface area contributed by atoms with Gasteiger partial charge in [0.15, 0.2) is 0 Å². The molecule has 0 aromatic carbocycles. The van der Waals surface area contributed by atoms with Crippen LogP contribution in [0.4, 0.5) is 0 Å². The Labute approximate surface area is 95.3 Å². The van der Waals surface area contributed by atoms with Crippen molar-refractivity contribution in [1.82, 2.24) is 9.97 Å². The molecule has 1 aromatic rings. The molecular formula is C7H7N2O2Y-. The van der Waals surface area contributed by atoms with E-state index >= 15 is 0 Å². The van der Waals surface area contributed by atoms with Gasteiger partial charge in [0.2, 0.25) is 5.97 Å². The molecule has 0 unspecified atom stereocenters. The van der Waals surface area contributed by atoms with Crippen LogP contribution >= 0.6 is 0 Å². The maximum atomic E-state index is 10.3. The van der Waals surface area contributed by atoms with Crippen LogP contribution in [0.1, 0.15) is 21.9 Å². The van der Waals surface area contributed by atoms with E-state index in [9.17, 15) is 4.79 Å². The minimum Gasteiger partial charge on any atom is -0.533 e. The number of carboxylic acid groups (broad SMARTS) is 1. The Morgan fingerprint density at radius 2 is 2.00 bits per heavy atom. The summed E-state index contributed by atoms with van der Waals surface area (Å²) in [6.07, 6.45) is 2.32. The molecule has 0 saturated heterocycles. The molecule has 0 atom stereocenters. The molecule has 1 heterocycles. The van der Waals surface area contributed by atoms with Gasteiger partial charge in [-0.15, -0.1) is 0 Å². The molecule has 61 valence electrons. The number of nitrogens with zero attached hydrogens (tertiary/aromatic N) is 2. The molecule has 1 rings (SSSR count). The van der Waals surface area contributed by atoms with E-state index in [1.54, 1.807) is 13.8 Å². The summed E-state index contributed by atoms with van der Waals surface area (Å²) in [7, 11) is 0. The molecule has 0 spiro atoms. The first kappa shape index (κ1) is 11.7. The number of carboxylic acids is 1. The van der Waals surface area contributed by atoms with Crippen molar-refractivity contribution in [3.63, 3.8) is 0 Å². The van der Waals surface area contributed by atoms with Crippen molar-refractivity contribution in [3.8, 4) is 0 Å². The largest absolute Gasteiger partial charge is 0.533 e.